The maximum atomic E-state index is 12.9. The summed E-state index contributed by atoms with van der Waals surface area (Å²) in [5.74, 6) is 0.384. The Morgan fingerprint density at radius 2 is 1.17 bits per heavy atom. The number of pyridine rings is 2. The summed E-state index contributed by atoms with van der Waals surface area (Å²) in [6.45, 7) is 8.30. The Labute approximate surface area is 387 Å². The zero-order valence-electron chi connectivity index (χ0n) is 36.8. The van der Waals surface area contributed by atoms with Crippen LogP contribution in [0.3, 0.4) is 0 Å². The summed E-state index contributed by atoms with van der Waals surface area (Å²) in [6, 6.07) is 34.9. The van der Waals surface area contributed by atoms with E-state index in [1.165, 1.54) is 11.3 Å². The van der Waals surface area contributed by atoms with Crippen LogP contribution in [0.2, 0.25) is 0 Å². The highest BCUT2D eigenvalue weighted by atomic mass is 32.1. The zero-order valence-corrected chi connectivity index (χ0v) is 38.5. The number of likely N-dealkylation sites (N-methyl/N-ethyl adjacent to an activating group) is 1. The molecule has 8 aromatic rings. The Hall–Kier alpha value is -7.06. The van der Waals surface area contributed by atoms with Crippen LogP contribution < -0.4 is 20.3 Å². The Bertz CT molecular complexity index is 2860. The largest absolute Gasteiger partial charge is 0.497 e. The molecule has 4 aromatic carbocycles. The third kappa shape index (κ3) is 11.8. The number of aromatic nitrogens is 4. The summed E-state index contributed by atoms with van der Waals surface area (Å²) in [6.07, 6.45) is 8.60. The van der Waals surface area contributed by atoms with Crippen LogP contribution in [0.5, 0.6) is 5.75 Å². The fourth-order valence-corrected chi connectivity index (χ4v) is 8.99. The van der Waals surface area contributed by atoms with Crippen molar-refractivity contribution in [1.82, 2.24) is 24.8 Å². The lowest BCUT2D eigenvalue weighted by Crippen LogP contribution is -2.44. The van der Waals surface area contributed by atoms with Crippen LogP contribution in [0.25, 0.3) is 22.5 Å². The first-order valence-corrected chi connectivity index (χ1v) is 23.1. The summed E-state index contributed by atoms with van der Waals surface area (Å²) in [7, 11) is 3.74. The fraction of sp³-hybridized carbons (Fsp3) is 0.192. The smallest absolute Gasteiger partial charge is 0.255 e. The number of carbonyl (C=O) groups is 2. The molecule has 5 heterocycles. The molecule has 1 aliphatic heterocycles. The van der Waals surface area contributed by atoms with Gasteiger partial charge in [0, 0.05) is 114 Å². The minimum Gasteiger partial charge on any atom is -0.497 e. The summed E-state index contributed by atoms with van der Waals surface area (Å²) in [5.41, 5.74) is 12.5. The molecule has 1 fully saturated rings. The van der Waals surface area contributed by atoms with Crippen molar-refractivity contribution in [2.24, 2.45) is 0 Å². The second-order valence-electron chi connectivity index (χ2n) is 15.8. The average molecular weight is 899 g/mol. The number of piperazine rings is 1. The van der Waals surface area contributed by atoms with Gasteiger partial charge >= 0.3 is 0 Å². The molecule has 0 radical (unpaired) electrons. The molecule has 9 rings (SSSR count). The lowest BCUT2D eigenvalue weighted by Gasteiger charge is -2.34. The molecule has 2 N–H and O–H groups in total. The number of thiazole rings is 2. The van der Waals surface area contributed by atoms with Crippen molar-refractivity contribution in [2.45, 2.75) is 26.7 Å². The van der Waals surface area contributed by atoms with E-state index in [2.05, 4.69) is 74.2 Å². The number of nitrogens with one attached hydrogen (secondary N) is 2. The van der Waals surface area contributed by atoms with Crippen LogP contribution in [0.4, 0.5) is 17.1 Å². The second-order valence-corrected chi connectivity index (χ2v) is 17.7. The summed E-state index contributed by atoms with van der Waals surface area (Å²) in [4.78, 5) is 48.1. The van der Waals surface area contributed by atoms with Crippen LogP contribution >= 0.6 is 22.7 Å². The lowest BCUT2D eigenvalue weighted by atomic mass is 10.0. The number of methoxy groups -OCH3 is 1. The number of carbonyl (C=O) groups excluding carboxylic acids is 2. The van der Waals surface area contributed by atoms with Crippen LogP contribution in [0, 0.1) is 13.8 Å². The van der Waals surface area contributed by atoms with Gasteiger partial charge in [0.1, 0.15) is 5.75 Å². The topological polar surface area (TPSA) is 125 Å². The van der Waals surface area contributed by atoms with Gasteiger partial charge in [0.05, 0.1) is 28.5 Å². The lowest BCUT2D eigenvalue weighted by molar-refractivity contribution is 0.101. The highest BCUT2D eigenvalue weighted by Gasteiger charge is 2.16. The van der Waals surface area contributed by atoms with Crippen molar-refractivity contribution >= 4 is 51.6 Å². The van der Waals surface area contributed by atoms with Gasteiger partial charge in [0.25, 0.3) is 11.8 Å². The van der Waals surface area contributed by atoms with E-state index in [1.54, 1.807) is 60.4 Å². The van der Waals surface area contributed by atoms with Gasteiger partial charge in [-0.05, 0) is 134 Å². The van der Waals surface area contributed by atoms with Crippen molar-refractivity contribution < 1.29 is 14.3 Å². The van der Waals surface area contributed by atoms with E-state index in [1.807, 2.05) is 91.3 Å². The van der Waals surface area contributed by atoms with Gasteiger partial charge < -0.3 is 25.2 Å². The number of nitrogens with zero attached hydrogens (tertiary/aromatic N) is 6. The van der Waals surface area contributed by atoms with Gasteiger partial charge in [-0.15, -0.1) is 22.7 Å². The standard InChI is InChI=1S/C28H29N5OS.C24H21N3O2S/c1-20-5-8-24(16-23(20)17-27-31-26(19-35-27)22-4-3-11-29-18-22)30-28(34)21-6-9-25(10-7-21)33-14-12-32(2)13-15-33;1-16-8-9-20(26-24(28)17-5-3-7-21(12-17)29-2)11-19(16)13-23-27-22(15-30-23)18-6-4-10-25-14-18/h3-11,16,18-19H,12-15,17H2,1-2H3,(H,30,34);3-12,14-15H,13H2,1-2H3,(H,26,28). The highest BCUT2D eigenvalue weighted by molar-refractivity contribution is 7.10. The number of amides is 2. The minimum atomic E-state index is -0.170. The number of hydrogen-bond donors (Lipinski definition) is 2. The van der Waals surface area contributed by atoms with Crippen LogP contribution in [-0.4, -0.2) is 77.0 Å². The van der Waals surface area contributed by atoms with E-state index in [4.69, 9.17) is 14.7 Å². The third-order valence-corrected chi connectivity index (χ3v) is 12.9. The van der Waals surface area contributed by atoms with Gasteiger partial charge in [-0.1, -0.05) is 18.2 Å². The number of ether oxygens (including phenoxy) is 1. The van der Waals surface area contributed by atoms with Gasteiger partial charge in [-0.3, -0.25) is 19.6 Å². The molecule has 0 unspecified atom stereocenters. The number of benzene rings is 4. The SMILES string of the molecule is COc1cccc(C(=O)Nc2ccc(C)c(Cc3nc(-c4cccnc4)cs3)c2)c1.Cc1ccc(NC(=O)c2ccc(N3CCN(C)CC3)cc2)cc1Cc1nc(-c2cccnc2)cs1. The molecule has 0 bridgehead atoms. The predicted molar refractivity (Wildman–Crippen MR) is 264 cm³/mol. The number of hydrogen-bond acceptors (Lipinski definition) is 11. The number of aryl methyl sites for hydroxylation is 2. The second kappa shape index (κ2) is 21.1. The van der Waals surface area contributed by atoms with E-state index in [0.717, 1.165) is 93.2 Å². The molecule has 0 aliphatic carbocycles. The maximum Gasteiger partial charge on any atom is 0.255 e. The number of rotatable bonds is 12. The van der Waals surface area contributed by atoms with Gasteiger partial charge in [0.2, 0.25) is 0 Å². The van der Waals surface area contributed by atoms with Crippen LogP contribution in [0.1, 0.15) is 53.0 Å². The molecule has 13 heteroatoms. The molecule has 328 valence electrons. The Kier molecular flexibility index (Phi) is 14.4. The van der Waals surface area contributed by atoms with Crippen molar-refractivity contribution in [2.75, 3.05) is 55.9 Å². The summed E-state index contributed by atoms with van der Waals surface area (Å²) < 4.78 is 5.20. The van der Waals surface area contributed by atoms with E-state index < -0.39 is 0 Å². The first-order chi connectivity index (χ1) is 31.7. The van der Waals surface area contributed by atoms with Crippen LogP contribution in [0.15, 0.2) is 145 Å². The molecular weight excluding hydrogens is 849 g/mol. The molecular formula is C52H50N8O3S2. The number of anilines is 3. The Morgan fingerprint density at radius 3 is 1.68 bits per heavy atom. The Morgan fingerprint density at radius 1 is 0.631 bits per heavy atom. The van der Waals surface area contributed by atoms with Crippen molar-refractivity contribution in [3.8, 4) is 28.3 Å². The van der Waals surface area contributed by atoms with E-state index >= 15 is 0 Å². The van der Waals surface area contributed by atoms with E-state index in [-0.39, 0.29) is 11.8 Å². The summed E-state index contributed by atoms with van der Waals surface area (Å²) in [5, 5.41) is 12.2. The average Bonchev–Trinajstić information content (AvgIpc) is 4.02. The normalized spacial score (nSPS) is 12.5. The van der Waals surface area contributed by atoms with E-state index in [9.17, 15) is 9.59 Å². The monoisotopic (exact) mass is 898 g/mol. The first-order valence-electron chi connectivity index (χ1n) is 21.4. The third-order valence-electron chi connectivity index (χ3n) is 11.2. The predicted octanol–water partition coefficient (Wildman–Crippen LogP) is 10.5. The zero-order chi connectivity index (χ0) is 45.1. The molecule has 0 saturated carbocycles. The molecule has 0 atom stereocenters. The molecule has 11 nitrogen and oxygen atoms in total. The molecule has 4 aromatic heterocycles. The van der Waals surface area contributed by atoms with Crippen molar-refractivity contribution in [3.05, 3.63) is 188 Å². The van der Waals surface area contributed by atoms with Gasteiger partial charge in [0.15, 0.2) is 0 Å². The quantitative estimate of drug-likeness (QED) is 0.123. The van der Waals surface area contributed by atoms with Crippen molar-refractivity contribution in [3.63, 3.8) is 0 Å². The molecule has 1 saturated heterocycles. The minimum absolute atomic E-state index is 0.0992. The van der Waals surface area contributed by atoms with Crippen molar-refractivity contribution in [1.29, 1.82) is 0 Å². The molecule has 65 heavy (non-hydrogen) atoms. The van der Waals surface area contributed by atoms with Gasteiger partial charge in [-0.2, -0.15) is 0 Å². The van der Waals surface area contributed by atoms with E-state index in [0.29, 0.717) is 23.3 Å². The summed E-state index contributed by atoms with van der Waals surface area (Å²) >= 11 is 3.27. The highest BCUT2D eigenvalue weighted by Crippen LogP contribution is 2.28. The first kappa shape index (κ1) is 44.5. The molecule has 2 amide bonds. The fourth-order valence-electron chi connectivity index (χ4n) is 7.34. The van der Waals surface area contributed by atoms with Crippen LogP contribution in [-0.2, 0) is 12.8 Å². The Balaban J connectivity index is 0.000000179. The molecule has 1 aliphatic rings. The molecule has 0 spiro atoms. The van der Waals surface area contributed by atoms with Gasteiger partial charge in [-0.25, -0.2) is 9.97 Å². The maximum absolute atomic E-state index is 12.9.